The van der Waals surface area contributed by atoms with Gasteiger partial charge in [0.1, 0.15) is 6.61 Å². The molecule has 0 aliphatic rings. The summed E-state index contributed by atoms with van der Waals surface area (Å²) in [7, 11) is 1.65. The zero-order valence-corrected chi connectivity index (χ0v) is 10.4. The molecule has 1 aromatic carbocycles. The first-order valence-corrected chi connectivity index (χ1v) is 5.59. The van der Waals surface area contributed by atoms with E-state index in [1.165, 1.54) is 4.90 Å². The second-order valence-electron chi connectivity index (χ2n) is 3.47. The number of aliphatic hydroxyl groups excluding tert-OH is 1. The van der Waals surface area contributed by atoms with Crippen molar-refractivity contribution in [2.24, 2.45) is 0 Å². The van der Waals surface area contributed by atoms with E-state index in [0.717, 1.165) is 5.56 Å². The Bertz CT molecular complexity index is 382. The first kappa shape index (κ1) is 13.3. The summed E-state index contributed by atoms with van der Waals surface area (Å²) in [5, 5.41) is 9.68. The molecule has 0 spiro atoms. The Hall–Kier alpha value is -0.770. The van der Waals surface area contributed by atoms with Crippen LogP contribution in [0.5, 0.6) is 0 Å². The molecule has 0 unspecified atom stereocenters. The minimum absolute atomic E-state index is 0.292. The molecular weight excluding hydrogens is 249 g/mol. The van der Waals surface area contributed by atoms with E-state index < -0.39 is 6.61 Å². The summed E-state index contributed by atoms with van der Waals surface area (Å²) >= 11 is 11.7. The Morgan fingerprint density at radius 3 is 2.62 bits per heavy atom. The number of hydrogen-bond donors (Lipinski definition) is 1. The number of hydrogen-bond acceptors (Lipinski definition) is 2. The minimum atomic E-state index is -0.460. The van der Waals surface area contributed by atoms with Crippen molar-refractivity contribution in [3.8, 4) is 0 Å². The molecule has 0 fully saturated rings. The maximum atomic E-state index is 11.1. The topological polar surface area (TPSA) is 40.5 Å². The third kappa shape index (κ3) is 3.67. The highest BCUT2D eigenvalue weighted by Crippen LogP contribution is 2.22. The van der Waals surface area contributed by atoms with Gasteiger partial charge in [-0.2, -0.15) is 0 Å². The van der Waals surface area contributed by atoms with Gasteiger partial charge < -0.3 is 10.0 Å². The monoisotopic (exact) mass is 261 g/mol. The highest BCUT2D eigenvalue weighted by molar-refractivity contribution is 6.42. The van der Waals surface area contributed by atoms with Crippen LogP contribution in [0.1, 0.15) is 5.56 Å². The molecule has 0 bridgehead atoms. The smallest absolute Gasteiger partial charge is 0.248 e. The second-order valence-corrected chi connectivity index (χ2v) is 4.29. The number of halogens is 2. The molecule has 0 atom stereocenters. The lowest BCUT2D eigenvalue weighted by Crippen LogP contribution is -2.31. The fourth-order valence-corrected chi connectivity index (χ4v) is 1.56. The summed E-state index contributed by atoms with van der Waals surface area (Å²) in [6, 6.07) is 5.37. The average molecular weight is 262 g/mol. The predicted octanol–water partition coefficient (Wildman–Crippen LogP) is 1.99. The minimum Gasteiger partial charge on any atom is -0.387 e. The SMILES string of the molecule is CN(CCc1ccc(Cl)c(Cl)c1)C(=O)CO. The molecule has 1 amide bonds. The van der Waals surface area contributed by atoms with Gasteiger partial charge in [0.15, 0.2) is 0 Å². The van der Waals surface area contributed by atoms with Gasteiger partial charge in [0.2, 0.25) is 5.91 Å². The van der Waals surface area contributed by atoms with E-state index in [1.807, 2.05) is 6.07 Å². The Morgan fingerprint density at radius 2 is 2.06 bits per heavy atom. The van der Waals surface area contributed by atoms with E-state index in [9.17, 15) is 4.79 Å². The van der Waals surface area contributed by atoms with Crippen LogP contribution < -0.4 is 0 Å². The van der Waals surface area contributed by atoms with E-state index in [1.54, 1.807) is 19.2 Å². The molecule has 16 heavy (non-hydrogen) atoms. The molecule has 0 heterocycles. The predicted molar refractivity (Wildman–Crippen MR) is 64.9 cm³/mol. The molecule has 88 valence electrons. The van der Waals surface area contributed by atoms with Crippen LogP contribution in [0.4, 0.5) is 0 Å². The van der Waals surface area contributed by atoms with Crippen molar-refractivity contribution in [3.63, 3.8) is 0 Å². The third-order valence-corrected chi connectivity index (χ3v) is 3.02. The maximum absolute atomic E-state index is 11.1. The Balaban J connectivity index is 2.55. The zero-order chi connectivity index (χ0) is 12.1. The van der Waals surface area contributed by atoms with Gasteiger partial charge >= 0.3 is 0 Å². The molecule has 0 radical (unpaired) electrons. The number of likely N-dealkylation sites (N-methyl/N-ethyl adjacent to an activating group) is 1. The molecule has 1 rings (SSSR count). The van der Waals surface area contributed by atoms with Gasteiger partial charge in [-0.05, 0) is 24.1 Å². The van der Waals surface area contributed by atoms with Gasteiger partial charge in [-0.25, -0.2) is 0 Å². The van der Waals surface area contributed by atoms with Gasteiger partial charge in [-0.1, -0.05) is 29.3 Å². The molecule has 5 heteroatoms. The van der Waals surface area contributed by atoms with Crippen LogP contribution in [0.25, 0.3) is 0 Å². The lowest BCUT2D eigenvalue weighted by atomic mass is 10.1. The van der Waals surface area contributed by atoms with Crippen LogP contribution in [0, 0.1) is 0 Å². The van der Waals surface area contributed by atoms with E-state index in [2.05, 4.69) is 0 Å². The molecular formula is C11H13Cl2NO2. The van der Waals surface area contributed by atoms with Crippen molar-refractivity contribution in [2.75, 3.05) is 20.2 Å². The number of nitrogens with zero attached hydrogens (tertiary/aromatic N) is 1. The molecule has 1 N–H and O–H groups in total. The summed E-state index contributed by atoms with van der Waals surface area (Å²) in [6.07, 6.45) is 0.680. The number of amides is 1. The molecule has 1 aromatic rings. The first-order chi connectivity index (χ1) is 7.54. The normalized spacial score (nSPS) is 10.2. The van der Waals surface area contributed by atoms with Gasteiger partial charge in [0.05, 0.1) is 10.0 Å². The Morgan fingerprint density at radius 1 is 1.38 bits per heavy atom. The molecule has 0 saturated carbocycles. The number of rotatable bonds is 4. The molecule has 0 aliphatic heterocycles. The number of carbonyl (C=O) groups excluding carboxylic acids is 1. The van der Waals surface area contributed by atoms with E-state index in [4.69, 9.17) is 28.3 Å². The van der Waals surface area contributed by atoms with Crippen molar-refractivity contribution in [1.82, 2.24) is 4.90 Å². The summed E-state index contributed by atoms with van der Waals surface area (Å²) in [5.74, 6) is -0.292. The fourth-order valence-electron chi connectivity index (χ4n) is 1.24. The average Bonchev–Trinajstić information content (AvgIpc) is 2.29. The van der Waals surface area contributed by atoms with Gasteiger partial charge in [0, 0.05) is 13.6 Å². The number of aliphatic hydroxyl groups is 1. The van der Waals surface area contributed by atoms with Gasteiger partial charge in [0.25, 0.3) is 0 Å². The maximum Gasteiger partial charge on any atom is 0.248 e. The highest BCUT2D eigenvalue weighted by Gasteiger charge is 2.07. The Labute approximate surface area is 105 Å². The van der Waals surface area contributed by atoms with Crippen molar-refractivity contribution in [3.05, 3.63) is 33.8 Å². The van der Waals surface area contributed by atoms with Gasteiger partial charge in [-0.3, -0.25) is 4.79 Å². The molecule has 0 saturated heterocycles. The van der Waals surface area contributed by atoms with E-state index in [-0.39, 0.29) is 5.91 Å². The zero-order valence-electron chi connectivity index (χ0n) is 8.91. The van der Waals surface area contributed by atoms with Crippen LogP contribution in [0.2, 0.25) is 10.0 Å². The third-order valence-electron chi connectivity index (χ3n) is 2.28. The largest absolute Gasteiger partial charge is 0.387 e. The standard InChI is InChI=1S/C11H13Cl2NO2/c1-14(11(16)7-15)5-4-8-2-3-9(12)10(13)6-8/h2-3,6,15H,4-5,7H2,1H3. The van der Waals surface area contributed by atoms with E-state index in [0.29, 0.717) is 23.0 Å². The van der Waals surface area contributed by atoms with Gasteiger partial charge in [-0.15, -0.1) is 0 Å². The van der Waals surface area contributed by atoms with Crippen LogP contribution in [0.3, 0.4) is 0 Å². The second kappa shape index (κ2) is 6.09. The van der Waals surface area contributed by atoms with Crippen molar-refractivity contribution >= 4 is 29.1 Å². The summed E-state index contributed by atoms with van der Waals surface area (Å²) in [4.78, 5) is 12.6. The summed E-state index contributed by atoms with van der Waals surface area (Å²) < 4.78 is 0. The van der Waals surface area contributed by atoms with Crippen LogP contribution >= 0.6 is 23.2 Å². The van der Waals surface area contributed by atoms with Crippen LogP contribution in [0.15, 0.2) is 18.2 Å². The fraction of sp³-hybridized carbons (Fsp3) is 0.364. The number of benzene rings is 1. The number of carbonyl (C=O) groups is 1. The summed E-state index contributed by atoms with van der Waals surface area (Å²) in [5.41, 5.74) is 1.01. The molecule has 0 aromatic heterocycles. The quantitative estimate of drug-likeness (QED) is 0.901. The molecule has 0 aliphatic carbocycles. The van der Waals surface area contributed by atoms with E-state index >= 15 is 0 Å². The Kier molecular flexibility index (Phi) is 5.06. The van der Waals surface area contributed by atoms with Crippen molar-refractivity contribution in [1.29, 1.82) is 0 Å². The van der Waals surface area contributed by atoms with Crippen molar-refractivity contribution < 1.29 is 9.90 Å². The molecule has 3 nitrogen and oxygen atoms in total. The lowest BCUT2D eigenvalue weighted by molar-refractivity contribution is -0.132. The first-order valence-electron chi connectivity index (χ1n) is 4.83. The van der Waals surface area contributed by atoms with Crippen LogP contribution in [-0.4, -0.2) is 36.1 Å². The van der Waals surface area contributed by atoms with Crippen molar-refractivity contribution in [2.45, 2.75) is 6.42 Å². The van der Waals surface area contributed by atoms with Crippen LogP contribution in [-0.2, 0) is 11.2 Å². The highest BCUT2D eigenvalue weighted by atomic mass is 35.5. The summed E-state index contributed by atoms with van der Waals surface area (Å²) in [6.45, 7) is 0.0786. The lowest BCUT2D eigenvalue weighted by Gasteiger charge is -2.15.